The van der Waals surface area contributed by atoms with Crippen LogP contribution in [0, 0.1) is 0 Å². The van der Waals surface area contributed by atoms with E-state index in [9.17, 15) is 0 Å². The van der Waals surface area contributed by atoms with Crippen LogP contribution in [-0.2, 0) is 0 Å². The fraction of sp³-hybridized carbons (Fsp3) is 0. The second-order valence-corrected chi connectivity index (χ2v) is 14.4. The molecule has 0 atom stereocenters. The van der Waals surface area contributed by atoms with E-state index in [0.717, 1.165) is 22.7 Å². The Morgan fingerprint density at radius 2 is 0.896 bits per heavy atom. The molecule has 226 valence electrons. The molecule has 10 rings (SSSR count). The lowest BCUT2D eigenvalue weighted by Gasteiger charge is -2.26. The lowest BCUT2D eigenvalue weighted by molar-refractivity contribution is 1.13. The summed E-state index contributed by atoms with van der Waals surface area (Å²) in [6.45, 7) is 0. The predicted octanol–water partition coefficient (Wildman–Crippen LogP) is 13.5. The molecule has 0 unspecified atom stereocenters. The SMILES string of the molecule is c1ccc2c(c1)ccn2-c1ccc(-c2ccc(N(c3ccc4sc5ccccc5c4c3)c3ccc4sc5ccccc5c4c3)cc2)cc1. The Bertz CT molecular complexity index is 2670. The molecular weight excluding hydrogens is 621 g/mol. The maximum Gasteiger partial charge on any atom is 0.0528 e. The third-order valence-corrected chi connectivity index (χ3v) is 11.7. The van der Waals surface area contributed by atoms with Crippen LogP contribution >= 0.6 is 22.7 Å². The second-order valence-electron chi connectivity index (χ2n) is 12.2. The molecule has 0 bridgehead atoms. The van der Waals surface area contributed by atoms with Gasteiger partial charge in [0.05, 0.1) is 5.52 Å². The van der Waals surface area contributed by atoms with Crippen LogP contribution in [0.4, 0.5) is 17.1 Å². The molecule has 0 aliphatic carbocycles. The normalized spacial score (nSPS) is 11.8. The van der Waals surface area contributed by atoms with Crippen LogP contribution in [0.5, 0.6) is 0 Å². The lowest BCUT2D eigenvalue weighted by Crippen LogP contribution is -2.09. The highest BCUT2D eigenvalue weighted by Crippen LogP contribution is 2.43. The van der Waals surface area contributed by atoms with E-state index in [4.69, 9.17) is 0 Å². The van der Waals surface area contributed by atoms with Crippen molar-refractivity contribution in [2.75, 3.05) is 4.90 Å². The molecule has 0 N–H and O–H groups in total. The highest BCUT2D eigenvalue weighted by molar-refractivity contribution is 7.26. The Hall–Kier alpha value is -5.68. The Morgan fingerprint density at radius 3 is 1.52 bits per heavy atom. The standard InChI is InChI=1S/C44H28N2S2/c1-4-10-40-31(7-1)25-26-45(40)32-17-13-29(14-18-32)30-15-19-33(20-16-30)46(34-21-23-43-38(27-34)36-8-2-5-11-41(36)47-43)35-22-24-44-39(28-35)37-9-3-6-12-42(37)48-44/h1-28H. The maximum absolute atomic E-state index is 2.40. The molecule has 0 fully saturated rings. The zero-order chi connectivity index (χ0) is 31.6. The zero-order valence-corrected chi connectivity index (χ0v) is 27.5. The van der Waals surface area contributed by atoms with Crippen LogP contribution in [0.25, 0.3) is 68.1 Å². The number of fused-ring (bicyclic) bond motifs is 7. The maximum atomic E-state index is 2.40. The molecule has 10 aromatic rings. The van der Waals surface area contributed by atoms with Gasteiger partial charge in [0.1, 0.15) is 0 Å². The smallest absolute Gasteiger partial charge is 0.0528 e. The van der Waals surface area contributed by atoms with Crippen LogP contribution in [0.2, 0.25) is 0 Å². The van der Waals surface area contributed by atoms with Crippen LogP contribution in [0.15, 0.2) is 170 Å². The minimum absolute atomic E-state index is 1.13. The zero-order valence-electron chi connectivity index (χ0n) is 25.9. The summed E-state index contributed by atoms with van der Waals surface area (Å²) < 4.78 is 7.52. The minimum Gasteiger partial charge on any atom is -0.317 e. The van der Waals surface area contributed by atoms with Crippen molar-refractivity contribution >= 4 is 91.0 Å². The molecule has 0 amide bonds. The van der Waals surface area contributed by atoms with Crippen molar-refractivity contribution in [2.24, 2.45) is 0 Å². The Kier molecular flexibility index (Phi) is 6.26. The average Bonchev–Trinajstić information content (AvgIpc) is 3.85. The Morgan fingerprint density at radius 1 is 0.396 bits per heavy atom. The second kappa shape index (κ2) is 11.0. The fourth-order valence-electron chi connectivity index (χ4n) is 7.08. The van der Waals surface area contributed by atoms with E-state index in [0.29, 0.717) is 0 Å². The first-order valence-corrected chi connectivity index (χ1v) is 17.8. The van der Waals surface area contributed by atoms with Gasteiger partial charge in [0.25, 0.3) is 0 Å². The van der Waals surface area contributed by atoms with Crippen LogP contribution in [-0.4, -0.2) is 4.57 Å². The molecule has 0 radical (unpaired) electrons. The van der Waals surface area contributed by atoms with Crippen molar-refractivity contribution in [1.29, 1.82) is 0 Å². The van der Waals surface area contributed by atoms with Crippen molar-refractivity contribution in [3.8, 4) is 16.8 Å². The molecule has 2 nitrogen and oxygen atoms in total. The van der Waals surface area contributed by atoms with Crippen molar-refractivity contribution in [1.82, 2.24) is 4.57 Å². The van der Waals surface area contributed by atoms with E-state index in [2.05, 4.69) is 179 Å². The highest BCUT2D eigenvalue weighted by Gasteiger charge is 2.17. The number of anilines is 3. The molecule has 48 heavy (non-hydrogen) atoms. The first-order chi connectivity index (χ1) is 23.8. The molecule has 0 saturated heterocycles. The third kappa shape index (κ3) is 4.45. The van der Waals surface area contributed by atoms with E-state index in [1.165, 1.54) is 62.4 Å². The largest absolute Gasteiger partial charge is 0.317 e. The molecule has 4 heteroatoms. The first kappa shape index (κ1) is 27.4. The van der Waals surface area contributed by atoms with E-state index in [1.807, 2.05) is 22.7 Å². The number of thiophene rings is 2. The summed E-state index contributed by atoms with van der Waals surface area (Å²) in [6, 6.07) is 59.9. The minimum atomic E-state index is 1.13. The summed E-state index contributed by atoms with van der Waals surface area (Å²) in [6.07, 6.45) is 2.15. The number of rotatable bonds is 5. The van der Waals surface area contributed by atoms with E-state index >= 15 is 0 Å². The van der Waals surface area contributed by atoms with Crippen LogP contribution in [0.1, 0.15) is 0 Å². The van der Waals surface area contributed by atoms with Gasteiger partial charge in [-0.3, -0.25) is 0 Å². The molecule has 0 saturated carbocycles. The van der Waals surface area contributed by atoms with E-state index in [-0.39, 0.29) is 0 Å². The van der Waals surface area contributed by atoms with Gasteiger partial charge >= 0.3 is 0 Å². The number of hydrogen-bond donors (Lipinski definition) is 0. The summed E-state index contributed by atoms with van der Waals surface area (Å²) in [5, 5.41) is 6.47. The Labute approximate surface area is 286 Å². The van der Waals surface area contributed by atoms with E-state index in [1.54, 1.807) is 0 Å². The summed E-state index contributed by atoms with van der Waals surface area (Å²) in [5.41, 5.74) is 8.22. The van der Waals surface area contributed by atoms with Gasteiger partial charge in [-0.25, -0.2) is 0 Å². The number of nitrogens with zero attached hydrogens (tertiary/aromatic N) is 2. The molecule has 3 aromatic heterocycles. The number of para-hydroxylation sites is 1. The topological polar surface area (TPSA) is 8.17 Å². The van der Waals surface area contributed by atoms with Crippen molar-refractivity contribution in [3.05, 3.63) is 170 Å². The highest BCUT2D eigenvalue weighted by atomic mass is 32.1. The number of hydrogen-bond acceptors (Lipinski definition) is 3. The quantitative estimate of drug-likeness (QED) is 0.180. The van der Waals surface area contributed by atoms with Gasteiger partial charge in [-0.2, -0.15) is 0 Å². The van der Waals surface area contributed by atoms with Gasteiger partial charge < -0.3 is 9.47 Å². The van der Waals surface area contributed by atoms with Crippen molar-refractivity contribution in [3.63, 3.8) is 0 Å². The van der Waals surface area contributed by atoms with Gasteiger partial charge in [-0.05, 0) is 101 Å². The van der Waals surface area contributed by atoms with Gasteiger partial charge in [0.15, 0.2) is 0 Å². The Balaban J connectivity index is 1.07. The third-order valence-electron chi connectivity index (χ3n) is 9.44. The molecule has 0 spiro atoms. The van der Waals surface area contributed by atoms with E-state index < -0.39 is 0 Å². The van der Waals surface area contributed by atoms with Crippen molar-refractivity contribution < 1.29 is 0 Å². The van der Waals surface area contributed by atoms with Gasteiger partial charge in [0.2, 0.25) is 0 Å². The van der Waals surface area contributed by atoms with Crippen LogP contribution < -0.4 is 4.90 Å². The fourth-order valence-corrected chi connectivity index (χ4v) is 9.25. The number of aromatic nitrogens is 1. The molecule has 7 aromatic carbocycles. The lowest BCUT2D eigenvalue weighted by atomic mass is 10.0. The molecular formula is C44H28N2S2. The van der Waals surface area contributed by atoms with Gasteiger partial charge in [-0.1, -0.05) is 78.9 Å². The molecule has 3 heterocycles. The number of benzene rings is 7. The summed E-state index contributed by atoms with van der Waals surface area (Å²) in [4.78, 5) is 2.40. The van der Waals surface area contributed by atoms with Crippen LogP contribution in [0.3, 0.4) is 0 Å². The summed E-state index contributed by atoms with van der Waals surface area (Å²) >= 11 is 3.72. The molecule has 0 aliphatic heterocycles. The van der Waals surface area contributed by atoms with Gasteiger partial charge in [0, 0.05) is 69.3 Å². The first-order valence-electron chi connectivity index (χ1n) is 16.2. The predicted molar refractivity (Wildman–Crippen MR) is 209 cm³/mol. The van der Waals surface area contributed by atoms with Crippen molar-refractivity contribution in [2.45, 2.75) is 0 Å². The monoisotopic (exact) mass is 648 g/mol. The molecule has 0 aliphatic rings. The summed E-state index contributed by atoms with van der Waals surface area (Å²) in [7, 11) is 0. The summed E-state index contributed by atoms with van der Waals surface area (Å²) in [5.74, 6) is 0. The van der Waals surface area contributed by atoms with Gasteiger partial charge in [-0.15, -0.1) is 22.7 Å². The average molecular weight is 649 g/mol.